The van der Waals surface area contributed by atoms with Gasteiger partial charge in [0.2, 0.25) is 0 Å². The topological polar surface area (TPSA) is 59.4 Å². The molecule has 158 valence electrons. The van der Waals surface area contributed by atoms with E-state index in [1.165, 1.54) is 16.8 Å². The van der Waals surface area contributed by atoms with Crippen molar-refractivity contribution in [2.45, 2.75) is 27.7 Å². The van der Waals surface area contributed by atoms with Crippen LogP contribution in [-0.2, 0) is 4.79 Å². The molecule has 2 aromatic carbocycles. The average Bonchev–Trinajstić information content (AvgIpc) is 2.72. The number of nitrogens with zero attached hydrogens (tertiary/aromatic N) is 3. The van der Waals surface area contributed by atoms with Gasteiger partial charge in [-0.2, -0.15) is 5.26 Å². The Balaban J connectivity index is 0.00000320. The van der Waals surface area contributed by atoms with Gasteiger partial charge in [0.25, 0.3) is 5.91 Å². The van der Waals surface area contributed by atoms with E-state index in [9.17, 15) is 10.1 Å². The second-order valence-electron chi connectivity index (χ2n) is 7.60. The monoisotopic (exact) mass is 424 g/mol. The lowest BCUT2D eigenvalue weighted by atomic mass is 10.1. The Morgan fingerprint density at radius 1 is 0.967 bits per heavy atom. The third-order valence-electron chi connectivity index (χ3n) is 5.76. The smallest absolute Gasteiger partial charge is 0.267 e. The van der Waals surface area contributed by atoms with E-state index in [2.05, 4.69) is 53.2 Å². The molecular weight excluding hydrogens is 396 g/mol. The molecule has 0 aromatic heterocycles. The van der Waals surface area contributed by atoms with Crippen molar-refractivity contribution in [3.8, 4) is 6.07 Å². The van der Waals surface area contributed by atoms with Gasteiger partial charge in [0.05, 0.1) is 0 Å². The summed E-state index contributed by atoms with van der Waals surface area (Å²) in [6.45, 7) is 11.5. The molecule has 5 nitrogen and oxygen atoms in total. The Morgan fingerprint density at radius 3 is 2.20 bits per heavy atom. The molecule has 0 radical (unpaired) electrons. The third kappa shape index (κ3) is 5.14. The Kier molecular flexibility index (Phi) is 7.91. The van der Waals surface area contributed by atoms with E-state index >= 15 is 0 Å². The first-order valence-electron chi connectivity index (χ1n) is 9.95. The van der Waals surface area contributed by atoms with Gasteiger partial charge in [-0.25, -0.2) is 0 Å². The van der Waals surface area contributed by atoms with Crippen molar-refractivity contribution >= 4 is 29.7 Å². The fourth-order valence-electron chi connectivity index (χ4n) is 3.57. The Morgan fingerprint density at radius 2 is 1.57 bits per heavy atom. The molecule has 0 bridgehead atoms. The lowest BCUT2D eigenvalue weighted by Gasteiger charge is -2.36. The average molecular weight is 425 g/mol. The summed E-state index contributed by atoms with van der Waals surface area (Å²) < 4.78 is 0. The van der Waals surface area contributed by atoms with Crippen molar-refractivity contribution in [1.29, 1.82) is 5.26 Å². The molecule has 1 aliphatic heterocycles. The van der Waals surface area contributed by atoms with Crippen molar-refractivity contribution in [1.82, 2.24) is 4.90 Å². The minimum absolute atomic E-state index is 0. The summed E-state index contributed by atoms with van der Waals surface area (Å²) in [5.41, 5.74) is 6.86. The molecule has 6 heteroatoms. The normalized spacial score (nSPS) is 14.0. The first-order chi connectivity index (χ1) is 13.9. The predicted octanol–water partition coefficient (Wildman–Crippen LogP) is 4.51. The van der Waals surface area contributed by atoms with E-state index in [4.69, 9.17) is 0 Å². The molecule has 0 atom stereocenters. The third-order valence-corrected chi connectivity index (χ3v) is 5.76. The summed E-state index contributed by atoms with van der Waals surface area (Å²) in [5.74, 6) is -0.363. The molecule has 0 unspecified atom stereocenters. The molecule has 0 aliphatic carbocycles. The summed E-state index contributed by atoms with van der Waals surface area (Å²) >= 11 is 0. The van der Waals surface area contributed by atoms with Crippen LogP contribution in [0.4, 0.5) is 11.4 Å². The van der Waals surface area contributed by atoms with Gasteiger partial charge in [-0.3, -0.25) is 4.79 Å². The number of aryl methyl sites for hydroxylation is 2. The van der Waals surface area contributed by atoms with Crippen LogP contribution < -0.4 is 10.2 Å². The first-order valence-corrected chi connectivity index (χ1v) is 9.95. The van der Waals surface area contributed by atoms with Gasteiger partial charge in [-0.05, 0) is 62.1 Å². The van der Waals surface area contributed by atoms with Crippen molar-refractivity contribution < 1.29 is 4.79 Å². The lowest BCUT2D eigenvalue weighted by Crippen LogP contribution is -2.44. The van der Waals surface area contributed by atoms with Gasteiger partial charge in [0.15, 0.2) is 0 Å². The summed E-state index contributed by atoms with van der Waals surface area (Å²) in [5, 5.41) is 12.4. The molecule has 1 amide bonds. The molecule has 1 heterocycles. The van der Waals surface area contributed by atoms with E-state index in [0.29, 0.717) is 0 Å². The fourth-order valence-corrected chi connectivity index (χ4v) is 3.57. The van der Waals surface area contributed by atoms with Crippen LogP contribution in [0.5, 0.6) is 0 Å². The standard InChI is InChI=1S/C24H28N4O.ClH/c1-17-7-5-9-22(19(17)3)26-24(29)21(15-25)16-27-11-13-28(14-12-27)23-10-6-8-18(2)20(23)4;/h5-10,16H,11-14H2,1-4H3,(H,26,29);1H/b21-16-;. The van der Waals surface area contributed by atoms with Crippen LogP contribution in [0.3, 0.4) is 0 Å². The fraction of sp³-hybridized carbons (Fsp3) is 0.333. The largest absolute Gasteiger partial charge is 0.373 e. The zero-order chi connectivity index (χ0) is 21.0. The summed E-state index contributed by atoms with van der Waals surface area (Å²) in [6, 6.07) is 14.2. The maximum Gasteiger partial charge on any atom is 0.267 e. The number of halogens is 1. The van der Waals surface area contributed by atoms with E-state index in [0.717, 1.165) is 43.0 Å². The van der Waals surface area contributed by atoms with Crippen molar-refractivity contribution in [2.75, 3.05) is 36.4 Å². The number of hydrogen-bond acceptors (Lipinski definition) is 4. The minimum Gasteiger partial charge on any atom is -0.373 e. The van der Waals surface area contributed by atoms with Gasteiger partial charge in [0, 0.05) is 43.8 Å². The number of carbonyl (C=O) groups excluding carboxylic acids is 1. The van der Waals surface area contributed by atoms with Crippen molar-refractivity contribution in [2.24, 2.45) is 0 Å². The highest BCUT2D eigenvalue weighted by molar-refractivity contribution is 6.06. The van der Waals surface area contributed by atoms with Gasteiger partial charge < -0.3 is 15.1 Å². The highest BCUT2D eigenvalue weighted by Crippen LogP contribution is 2.24. The number of piperazine rings is 1. The van der Waals surface area contributed by atoms with E-state index in [1.807, 2.05) is 32.0 Å². The first kappa shape index (κ1) is 23.3. The predicted molar refractivity (Wildman–Crippen MR) is 125 cm³/mol. The minimum atomic E-state index is -0.363. The van der Waals surface area contributed by atoms with Gasteiger partial charge in [-0.15, -0.1) is 12.4 Å². The summed E-state index contributed by atoms with van der Waals surface area (Å²) in [7, 11) is 0. The van der Waals surface area contributed by atoms with Crippen LogP contribution in [0, 0.1) is 39.0 Å². The Bertz CT molecular complexity index is 985. The zero-order valence-electron chi connectivity index (χ0n) is 18.0. The van der Waals surface area contributed by atoms with Crippen molar-refractivity contribution in [3.63, 3.8) is 0 Å². The van der Waals surface area contributed by atoms with Crippen LogP contribution in [0.2, 0.25) is 0 Å². The van der Waals surface area contributed by atoms with Crippen LogP contribution >= 0.6 is 12.4 Å². The summed E-state index contributed by atoms with van der Waals surface area (Å²) in [6.07, 6.45) is 1.70. The van der Waals surface area contributed by atoms with E-state index in [-0.39, 0.29) is 23.9 Å². The SMILES string of the molecule is Cc1cccc(NC(=O)/C(C#N)=C\N2CCN(c3cccc(C)c3C)CC2)c1C.Cl. The molecule has 3 rings (SSSR count). The van der Waals surface area contributed by atoms with E-state index < -0.39 is 0 Å². The summed E-state index contributed by atoms with van der Waals surface area (Å²) in [4.78, 5) is 17.0. The molecule has 0 spiro atoms. The van der Waals surface area contributed by atoms with Crippen LogP contribution in [0.25, 0.3) is 0 Å². The number of nitrogens with one attached hydrogen (secondary N) is 1. The Labute approximate surface area is 185 Å². The van der Waals surface area contributed by atoms with Crippen LogP contribution in [-0.4, -0.2) is 37.0 Å². The number of carbonyl (C=O) groups is 1. The number of amides is 1. The second-order valence-corrected chi connectivity index (χ2v) is 7.60. The van der Waals surface area contributed by atoms with Gasteiger partial charge in [0.1, 0.15) is 11.6 Å². The second kappa shape index (κ2) is 10.2. The van der Waals surface area contributed by atoms with Crippen molar-refractivity contribution in [3.05, 3.63) is 70.4 Å². The molecule has 0 saturated carbocycles. The quantitative estimate of drug-likeness (QED) is 0.579. The number of nitriles is 1. The van der Waals surface area contributed by atoms with Gasteiger partial charge in [-0.1, -0.05) is 24.3 Å². The number of rotatable bonds is 4. The molecular formula is C24H29ClN4O. The molecule has 1 fully saturated rings. The van der Waals surface area contributed by atoms with Gasteiger partial charge >= 0.3 is 0 Å². The number of anilines is 2. The molecule has 1 N–H and O–H groups in total. The number of hydrogen-bond donors (Lipinski definition) is 1. The molecule has 1 saturated heterocycles. The maximum atomic E-state index is 12.6. The lowest BCUT2D eigenvalue weighted by molar-refractivity contribution is -0.112. The highest BCUT2D eigenvalue weighted by atomic mass is 35.5. The Hall–Kier alpha value is -2.97. The van der Waals surface area contributed by atoms with Crippen LogP contribution in [0.15, 0.2) is 48.2 Å². The van der Waals surface area contributed by atoms with E-state index in [1.54, 1.807) is 6.20 Å². The molecule has 1 aliphatic rings. The van der Waals surface area contributed by atoms with Crippen LogP contribution in [0.1, 0.15) is 22.3 Å². The highest BCUT2D eigenvalue weighted by Gasteiger charge is 2.19. The number of benzene rings is 2. The zero-order valence-corrected chi connectivity index (χ0v) is 18.8. The molecule has 2 aromatic rings. The molecule has 30 heavy (non-hydrogen) atoms. The maximum absolute atomic E-state index is 12.6.